The number of rotatable bonds is 5. The zero-order chi connectivity index (χ0) is 16.7. The summed E-state index contributed by atoms with van der Waals surface area (Å²) in [6.07, 6.45) is 7.27. The first-order valence-corrected chi connectivity index (χ1v) is 8.76. The Bertz CT molecular complexity index is 522. The molecule has 1 saturated carbocycles. The number of nitrogens with one attached hydrogen (secondary N) is 1. The maximum absolute atomic E-state index is 12.1. The Balaban J connectivity index is 1.86. The van der Waals surface area contributed by atoms with E-state index in [0.717, 1.165) is 18.5 Å². The van der Waals surface area contributed by atoms with E-state index < -0.39 is 0 Å². The minimum atomic E-state index is -0.0767. The summed E-state index contributed by atoms with van der Waals surface area (Å²) in [5.41, 5.74) is 0.725. The van der Waals surface area contributed by atoms with Crippen LogP contribution in [0.1, 0.15) is 51.9 Å². The molecule has 1 N–H and O–H groups in total. The van der Waals surface area contributed by atoms with Crippen LogP contribution in [-0.2, 0) is 9.59 Å². The second-order valence-electron chi connectivity index (χ2n) is 6.16. The summed E-state index contributed by atoms with van der Waals surface area (Å²) in [6.45, 7) is 2.08. The fourth-order valence-electron chi connectivity index (χ4n) is 3.15. The lowest BCUT2D eigenvalue weighted by atomic mass is 10.1. The molecule has 0 spiro atoms. The average Bonchev–Trinajstić information content (AvgIpc) is 2.79. The van der Waals surface area contributed by atoms with Gasteiger partial charge in [0.25, 0.3) is 0 Å². The van der Waals surface area contributed by atoms with Crippen LogP contribution < -0.4 is 5.32 Å². The number of nitrogens with zero attached hydrogens (tertiary/aromatic N) is 1. The molecule has 5 heteroatoms. The summed E-state index contributed by atoms with van der Waals surface area (Å²) in [5, 5.41) is 3.48. The molecule has 0 bridgehead atoms. The van der Waals surface area contributed by atoms with Gasteiger partial charge in [-0.1, -0.05) is 37.3 Å². The van der Waals surface area contributed by atoms with E-state index in [1.807, 2.05) is 4.90 Å². The van der Waals surface area contributed by atoms with Crippen molar-refractivity contribution in [2.75, 3.05) is 11.9 Å². The van der Waals surface area contributed by atoms with Crippen LogP contribution in [0.3, 0.4) is 0 Å². The Labute approximate surface area is 143 Å². The van der Waals surface area contributed by atoms with E-state index in [2.05, 4.69) is 5.32 Å². The molecule has 0 aliphatic heterocycles. The highest BCUT2D eigenvalue weighted by atomic mass is 35.5. The maximum atomic E-state index is 12.1. The quantitative estimate of drug-likeness (QED) is 0.817. The highest BCUT2D eigenvalue weighted by Gasteiger charge is 2.22. The topological polar surface area (TPSA) is 49.4 Å². The van der Waals surface area contributed by atoms with Crippen molar-refractivity contribution in [3.05, 3.63) is 29.3 Å². The molecule has 1 aliphatic rings. The van der Waals surface area contributed by atoms with Crippen molar-refractivity contribution in [2.45, 2.75) is 57.9 Å². The van der Waals surface area contributed by atoms with Crippen LogP contribution in [0.25, 0.3) is 0 Å². The van der Waals surface area contributed by atoms with Gasteiger partial charge in [-0.2, -0.15) is 0 Å². The van der Waals surface area contributed by atoms with Gasteiger partial charge in [-0.15, -0.1) is 0 Å². The summed E-state index contributed by atoms with van der Waals surface area (Å²) in [5.74, 6) is -0.0108. The van der Waals surface area contributed by atoms with Crippen LogP contribution in [0.15, 0.2) is 24.3 Å². The Hall–Kier alpha value is -1.55. The number of amides is 2. The highest BCUT2D eigenvalue weighted by molar-refractivity contribution is 6.30. The van der Waals surface area contributed by atoms with Crippen LogP contribution >= 0.6 is 11.6 Å². The molecule has 2 amide bonds. The number of benzene rings is 1. The van der Waals surface area contributed by atoms with E-state index in [9.17, 15) is 9.59 Å². The van der Waals surface area contributed by atoms with Crippen LogP contribution in [0, 0.1) is 0 Å². The third-order valence-electron chi connectivity index (χ3n) is 4.38. The first kappa shape index (κ1) is 17.8. The van der Waals surface area contributed by atoms with Gasteiger partial charge < -0.3 is 10.2 Å². The fourth-order valence-corrected chi connectivity index (χ4v) is 3.27. The van der Waals surface area contributed by atoms with Crippen molar-refractivity contribution in [1.29, 1.82) is 0 Å². The van der Waals surface area contributed by atoms with E-state index in [1.165, 1.54) is 25.7 Å². The summed E-state index contributed by atoms with van der Waals surface area (Å²) in [4.78, 5) is 25.9. The summed E-state index contributed by atoms with van der Waals surface area (Å²) in [7, 11) is 0. The minimum Gasteiger partial charge on any atom is -0.339 e. The summed E-state index contributed by atoms with van der Waals surface area (Å²) in [6, 6.07) is 7.32. The summed E-state index contributed by atoms with van der Waals surface area (Å²) >= 11 is 5.83. The number of anilines is 1. The van der Waals surface area contributed by atoms with Gasteiger partial charge in [0.15, 0.2) is 0 Å². The lowest BCUT2D eigenvalue weighted by Gasteiger charge is -2.30. The highest BCUT2D eigenvalue weighted by Crippen LogP contribution is 2.22. The molecule has 1 fully saturated rings. The number of hydrogen-bond donors (Lipinski definition) is 1. The van der Waals surface area contributed by atoms with Gasteiger partial charge in [-0.25, -0.2) is 0 Å². The monoisotopic (exact) mass is 336 g/mol. The molecular weight excluding hydrogens is 312 g/mol. The fraction of sp³-hybridized carbons (Fsp3) is 0.556. The zero-order valence-electron chi connectivity index (χ0n) is 13.7. The van der Waals surface area contributed by atoms with E-state index in [-0.39, 0.29) is 11.8 Å². The molecule has 126 valence electrons. The Morgan fingerprint density at radius 2 is 1.74 bits per heavy atom. The van der Waals surface area contributed by atoms with Crippen molar-refractivity contribution in [3.63, 3.8) is 0 Å². The molecule has 0 unspecified atom stereocenters. The third kappa shape index (κ3) is 5.87. The lowest BCUT2D eigenvalue weighted by molar-refractivity contribution is -0.131. The minimum absolute atomic E-state index is 0.0659. The predicted octanol–water partition coefficient (Wildman–Crippen LogP) is 4.24. The zero-order valence-corrected chi connectivity index (χ0v) is 14.4. The lowest BCUT2D eigenvalue weighted by Crippen LogP contribution is -2.40. The maximum Gasteiger partial charge on any atom is 0.226 e. The average molecular weight is 337 g/mol. The standard InChI is InChI=1S/C18H25ClN2O2/c1-14(22)21(17-6-4-2-3-5-7-17)13-12-18(23)20-16-10-8-15(19)9-11-16/h8-11,17H,2-7,12-13H2,1H3,(H,20,23). The molecule has 0 atom stereocenters. The number of halogens is 1. The van der Waals surface area contributed by atoms with Gasteiger partial charge in [-0.05, 0) is 37.1 Å². The number of hydrogen-bond acceptors (Lipinski definition) is 2. The van der Waals surface area contributed by atoms with Crippen molar-refractivity contribution in [2.24, 2.45) is 0 Å². The molecule has 4 nitrogen and oxygen atoms in total. The molecule has 1 aliphatic carbocycles. The number of carbonyl (C=O) groups is 2. The van der Waals surface area contributed by atoms with Crippen molar-refractivity contribution >= 4 is 29.1 Å². The third-order valence-corrected chi connectivity index (χ3v) is 4.63. The molecule has 2 rings (SSSR count). The summed E-state index contributed by atoms with van der Waals surface area (Å²) < 4.78 is 0. The van der Waals surface area contributed by atoms with Gasteiger partial charge in [0.05, 0.1) is 0 Å². The molecule has 1 aromatic rings. The van der Waals surface area contributed by atoms with Crippen LogP contribution in [0.5, 0.6) is 0 Å². The largest absolute Gasteiger partial charge is 0.339 e. The van der Waals surface area contributed by atoms with Crippen molar-refractivity contribution in [3.8, 4) is 0 Å². The molecule has 0 radical (unpaired) electrons. The van der Waals surface area contributed by atoms with Gasteiger partial charge in [0.2, 0.25) is 11.8 Å². The molecule has 0 aromatic heterocycles. The van der Waals surface area contributed by atoms with Gasteiger partial charge >= 0.3 is 0 Å². The predicted molar refractivity (Wildman–Crippen MR) is 93.6 cm³/mol. The van der Waals surface area contributed by atoms with E-state index in [0.29, 0.717) is 24.0 Å². The molecule has 23 heavy (non-hydrogen) atoms. The normalized spacial score (nSPS) is 15.7. The van der Waals surface area contributed by atoms with Gasteiger partial charge in [0.1, 0.15) is 0 Å². The molecule has 0 heterocycles. The van der Waals surface area contributed by atoms with Crippen LogP contribution in [0.2, 0.25) is 5.02 Å². The second kappa shape index (κ2) is 8.92. The van der Waals surface area contributed by atoms with E-state index in [1.54, 1.807) is 31.2 Å². The second-order valence-corrected chi connectivity index (χ2v) is 6.60. The smallest absolute Gasteiger partial charge is 0.226 e. The van der Waals surface area contributed by atoms with Gasteiger partial charge in [-0.3, -0.25) is 9.59 Å². The molecule has 1 aromatic carbocycles. The molecule has 0 saturated heterocycles. The Morgan fingerprint density at radius 1 is 1.13 bits per heavy atom. The van der Waals surface area contributed by atoms with Crippen LogP contribution in [0.4, 0.5) is 5.69 Å². The van der Waals surface area contributed by atoms with Crippen molar-refractivity contribution in [1.82, 2.24) is 4.90 Å². The number of carbonyl (C=O) groups excluding carboxylic acids is 2. The Kier molecular flexibility index (Phi) is 6.90. The van der Waals surface area contributed by atoms with E-state index in [4.69, 9.17) is 11.6 Å². The van der Waals surface area contributed by atoms with Crippen molar-refractivity contribution < 1.29 is 9.59 Å². The molecular formula is C18H25ClN2O2. The van der Waals surface area contributed by atoms with Gasteiger partial charge in [0, 0.05) is 36.6 Å². The first-order valence-electron chi connectivity index (χ1n) is 8.39. The van der Waals surface area contributed by atoms with Crippen LogP contribution in [-0.4, -0.2) is 29.3 Å². The SMILES string of the molecule is CC(=O)N(CCC(=O)Nc1ccc(Cl)cc1)C1CCCCCC1. The van der Waals surface area contributed by atoms with E-state index >= 15 is 0 Å². The Morgan fingerprint density at radius 3 is 2.30 bits per heavy atom. The first-order chi connectivity index (χ1) is 11.1.